The molecule has 1 aromatic carbocycles. The number of likely N-dealkylation sites (tertiary alicyclic amines) is 1. The summed E-state index contributed by atoms with van der Waals surface area (Å²) in [4.78, 5) is 18.4. The van der Waals surface area contributed by atoms with E-state index in [0.717, 1.165) is 48.2 Å². The van der Waals surface area contributed by atoms with Gasteiger partial charge in [0.2, 0.25) is 5.91 Å². The van der Waals surface area contributed by atoms with Crippen LogP contribution in [0.15, 0.2) is 24.3 Å². The summed E-state index contributed by atoms with van der Waals surface area (Å²) in [7, 11) is 1.60. The summed E-state index contributed by atoms with van der Waals surface area (Å²) in [5.41, 5.74) is 2.59. The Hall–Kier alpha value is -2.21. The van der Waals surface area contributed by atoms with Crippen LogP contribution in [-0.2, 0) is 9.53 Å². The second-order valence-electron chi connectivity index (χ2n) is 6.51. The van der Waals surface area contributed by atoms with Crippen LogP contribution in [0.4, 0.5) is 10.1 Å². The highest BCUT2D eigenvalue weighted by Gasteiger charge is 2.23. The molecule has 0 atom stereocenters. The molecule has 1 saturated heterocycles. The number of nitrogens with zero attached hydrogens (tertiary/aromatic N) is 2. The van der Waals surface area contributed by atoms with E-state index in [1.54, 1.807) is 13.2 Å². The number of nitrogens with one attached hydrogen (secondary N) is 1. The maximum absolute atomic E-state index is 13.6. The Morgan fingerprint density at radius 1 is 1.36 bits per heavy atom. The Morgan fingerprint density at radius 2 is 2.12 bits per heavy atom. The van der Waals surface area contributed by atoms with Crippen molar-refractivity contribution in [2.75, 3.05) is 32.1 Å². The Bertz CT molecular complexity index is 758. The molecule has 5 nitrogen and oxygen atoms in total. The lowest BCUT2D eigenvalue weighted by molar-refractivity contribution is -0.133. The minimum atomic E-state index is -0.264. The van der Waals surface area contributed by atoms with Gasteiger partial charge < -0.3 is 15.0 Å². The third kappa shape index (κ3) is 4.25. The fourth-order valence-electron chi connectivity index (χ4n) is 3.29. The van der Waals surface area contributed by atoms with Crippen LogP contribution in [-0.4, -0.2) is 48.6 Å². The first-order chi connectivity index (χ1) is 12.1. The molecule has 1 amide bonds. The number of aryl methyl sites for hydroxylation is 1. The van der Waals surface area contributed by atoms with Gasteiger partial charge in [0.05, 0.1) is 18.5 Å². The van der Waals surface area contributed by atoms with Crippen molar-refractivity contribution in [2.24, 2.45) is 0 Å². The van der Waals surface area contributed by atoms with Crippen molar-refractivity contribution in [3.63, 3.8) is 0 Å². The van der Waals surface area contributed by atoms with E-state index in [9.17, 15) is 9.18 Å². The van der Waals surface area contributed by atoms with Crippen molar-refractivity contribution in [2.45, 2.75) is 32.2 Å². The number of methoxy groups -OCH3 is 1. The van der Waals surface area contributed by atoms with Crippen LogP contribution >= 0.6 is 0 Å². The Kier molecular flexibility index (Phi) is 5.48. The van der Waals surface area contributed by atoms with Crippen molar-refractivity contribution >= 4 is 22.5 Å². The first kappa shape index (κ1) is 17.6. The van der Waals surface area contributed by atoms with Gasteiger partial charge in [-0.1, -0.05) is 0 Å². The molecule has 0 aliphatic carbocycles. The molecular weight excluding hydrogens is 321 g/mol. The number of rotatable bonds is 5. The lowest BCUT2D eigenvalue weighted by Gasteiger charge is -2.33. The van der Waals surface area contributed by atoms with Gasteiger partial charge in [0.25, 0.3) is 0 Å². The Balaban J connectivity index is 1.67. The van der Waals surface area contributed by atoms with E-state index in [4.69, 9.17) is 4.74 Å². The van der Waals surface area contributed by atoms with Crippen molar-refractivity contribution in [1.82, 2.24) is 9.88 Å². The molecule has 0 spiro atoms. The van der Waals surface area contributed by atoms with Crippen LogP contribution in [0.2, 0.25) is 0 Å². The largest absolute Gasteiger partial charge is 0.384 e. The normalized spacial score (nSPS) is 15.6. The number of ether oxygens (including phenoxy) is 1. The molecule has 0 bridgehead atoms. The van der Waals surface area contributed by atoms with Crippen molar-refractivity contribution in [1.29, 1.82) is 0 Å². The number of pyridine rings is 1. The summed E-state index contributed by atoms with van der Waals surface area (Å²) in [6, 6.07) is 6.88. The number of carbonyl (C=O) groups excluding carboxylic acids is 1. The number of piperidine rings is 1. The number of benzene rings is 1. The van der Waals surface area contributed by atoms with E-state index in [1.165, 1.54) is 12.1 Å². The van der Waals surface area contributed by atoms with E-state index >= 15 is 0 Å². The minimum Gasteiger partial charge on any atom is -0.384 e. The summed E-state index contributed by atoms with van der Waals surface area (Å²) in [6.07, 6.45) is 2.18. The summed E-state index contributed by atoms with van der Waals surface area (Å²) >= 11 is 0. The Morgan fingerprint density at radius 3 is 2.84 bits per heavy atom. The van der Waals surface area contributed by atoms with E-state index < -0.39 is 0 Å². The Labute approximate surface area is 147 Å². The number of carbonyl (C=O) groups is 1. The first-order valence-corrected chi connectivity index (χ1v) is 8.67. The molecule has 2 aromatic rings. The number of anilines is 1. The zero-order valence-corrected chi connectivity index (χ0v) is 14.7. The molecule has 134 valence electrons. The third-order valence-electron chi connectivity index (χ3n) is 4.63. The summed E-state index contributed by atoms with van der Waals surface area (Å²) < 4.78 is 18.6. The lowest BCUT2D eigenvalue weighted by Crippen LogP contribution is -2.42. The minimum absolute atomic E-state index is 0.146. The summed E-state index contributed by atoms with van der Waals surface area (Å²) in [5.74, 6) is -0.118. The molecule has 1 aliphatic rings. The van der Waals surface area contributed by atoms with E-state index in [1.807, 2.05) is 17.9 Å². The van der Waals surface area contributed by atoms with Crippen LogP contribution in [0.25, 0.3) is 10.9 Å². The summed E-state index contributed by atoms with van der Waals surface area (Å²) in [6.45, 7) is 3.86. The van der Waals surface area contributed by atoms with Crippen LogP contribution in [0.3, 0.4) is 0 Å². The molecule has 6 heteroatoms. The number of aromatic nitrogens is 1. The highest BCUT2D eigenvalue weighted by molar-refractivity contribution is 5.91. The number of hydrogen-bond acceptors (Lipinski definition) is 4. The van der Waals surface area contributed by atoms with Crippen molar-refractivity contribution < 1.29 is 13.9 Å². The molecule has 2 heterocycles. The molecule has 1 N–H and O–H groups in total. The fraction of sp³-hybridized carbons (Fsp3) is 0.474. The van der Waals surface area contributed by atoms with Crippen molar-refractivity contribution in [3.05, 3.63) is 35.8 Å². The van der Waals surface area contributed by atoms with E-state index in [0.29, 0.717) is 13.0 Å². The number of amides is 1. The zero-order valence-electron chi connectivity index (χ0n) is 14.7. The second kappa shape index (κ2) is 7.78. The highest BCUT2D eigenvalue weighted by Crippen LogP contribution is 2.26. The topological polar surface area (TPSA) is 54.5 Å². The molecule has 25 heavy (non-hydrogen) atoms. The van der Waals surface area contributed by atoms with E-state index in [-0.39, 0.29) is 17.8 Å². The molecule has 1 aliphatic heterocycles. The van der Waals surface area contributed by atoms with E-state index in [2.05, 4.69) is 10.3 Å². The molecule has 0 saturated carbocycles. The predicted molar refractivity (Wildman–Crippen MR) is 96.2 cm³/mol. The van der Waals surface area contributed by atoms with Gasteiger partial charge in [-0.15, -0.1) is 0 Å². The van der Waals surface area contributed by atoms with Crippen LogP contribution < -0.4 is 5.32 Å². The van der Waals surface area contributed by atoms with Gasteiger partial charge >= 0.3 is 0 Å². The highest BCUT2D eigenvalue weighted by atomic mass is 19.1. The quantitative estimate of drug-likeness (QED) is 0.905. The maximum atomic E-state index is 13.6. The molecule has 3 rings (SSSR count). The van der Waals surface area contributed by atoms with Gasteiger partial charge in [-0.05, 0) is 44.0 Å². The standard InChI is InChI=1S/C19H24FN3O2/c1-13-11-18(16-12-14(20)3-4-17(16)21-13)22-15-5-8-23(9-6-15)19(24)7-10-25-2/h3-4,11-12,15H,5-10H2,1-2H3,(H,21,22). The van der Waals surface area contributed by atoms with Gasteiger partial charge in [-0.2, -0.15) is 0 Å². The fourth-order valence-corrected chi connectivity index (χ4v) is 3.29. The van der Waals surface area contributed by atoms with Gasteiger partial charge in [0.1, 0.15) is 5.82 Å². The van der Waals surface area contributed by atoms with Gasteiger partial charge in [-0.25, -0.2) is 4.39 Å². The predicted octanol–water partition coefficient (Wildman–Crippen LogP) is 3.12. The molecular formula is C19H24FN3O2. The van der Waals surface area contributed by atoms with Crippen molar-refractivity contribution in [3.8, 4) is 0 Å². The van der Waals surface area contributed by atoms with Gasteiger partial charge in [0, 0.05) is 43.0 Å². The lowest BCUT2D eigenvalue weighted by atomic mass is 10.0. The zero-order chi connectivity index (χ0) is 17.8. The number of hydrogen-bond donors (Lipinski definition) is 1. The van der Waals surface area contributed by atoms with Gasteiger partial charge in [0.15, 0.2) is 0 Å². The molecule has 0 radical (unpaired) electrons. The number of fused-ring (bicyclic) bond motifs is 1. The monoisotopic (exact) mass is 345 g/mol. The first-order valence-electron chi connectivity index (χ1n) is 8.67. The summed E-state index contributed by atoms with van der Waals surface area (Å²) in [5, 5.41) is 4.32. The average molecular weight is 345 g/mol. The average Bonchev–Trinajstić information content (AvgIpc) is 2.61. The maximum Gasteiger partial charge on any atom is 0.224 e. The van der Waals surface area contributed by atoms with Gasteiger partial charge in [-0.3, -0.25) is 9.78 Å². The molecule has 1 aromatic heterocycles. The third-order valence-corrected chi connectivity index (χ3v) is 4.63. The number of halogens is 1. The SMILES string of the molecule is COCCC(=O)N1CCC(Nc2cc(C)nc3ccc(F)cc23)CC1. The molecule has 1 fully saturated rings. The van der Waals surface area contributed by atoms with Crippen LogP contribution in [0, 0.1) is 12.7 Å². The van der Waals surface area contributed by atoms with Crippen LogP contribution in [0.5, 0.6) is 0 Å². The smallest absolute Gasteiger partial charge is 0.224 e. The second-order valence-corrected chi connectivity index (χ2v) is 6.51. The van der Waals surface area contributed by atoms with Crippen LogP contribution in [0.1, 0.15) is 25.0 Å². The molecule has 0 unspecified atom stereocenters.